The largest absolute Gasteiger partial charge is 0.465 e. The first-order chi connectivity index (χ1) is 8.11. The van der Waals surface area contributed by atoms with Crippen LogP contribution in [0.15, 0.2) is 24.3 Å². The molecule has 0 amide bonds. The fraction of sp³-hybridized carbons (Fsp3) is 0.273. The van der Waals surface area contributed by atoms with E-state index < -0.39 is 5.97 Å². The van der Waals surface area contributed by atoms with Crippen molar-refractivity contribution in [2.24, 2.45) is 0 Å². The molecular formula is C11H13FN2O2S. The van der Waals surface area contributed by atoms with E-state index in [0.29, 0.717) is 12.3 Å². The molecule has 0 unspecified atom stereocenters. The molecule has 0 aliphatic rings. The van der Waals surface area contributed by atoms with Crippen molar-refractivity contribution in [2.45, 2.75) is 6.92 Å². The summed E-state index contributed by atoms with van der Waals surface area (Å²) < 4.78 is 17.6. The van der Waals surface area contributed by atoms with Gasteiger partial charge >= 0.3 is 5.97 Å². The number of nitrogens with one attached hydrogen (secondary N) is 2. The number of halogens is 1. The van der Waals surface area contributed by atoms with E-state index in [1.807, 2.05) is 0 Å². The van der Waals surface area contributed by atoms with Gasteiger partial charge in [-0.05, 0) is 37.3 Å². The third kappa shape index (κ3) is 5.26. The second kappa shape index (κ2) is 6.80. The van der Waals surface area contributed by atoms with E-state index in [9.17, 15) is 9.18 Å². The molecule has 0 saturated carbocycles. The van der Waals surface area contributed by atoms with Crippen LogP contribution in [0.1, 0.15) is 6.92 Å². The number of ether oxygens (including phenoxy) is 1. The summed E-state index contributed by atoms with van der Waals surface area (Å²) in [5, 5.41) is 5.65. The minimum Gasteiger partial charge on any atom is -0.465 e. The lowest BCUT2D eigenvalue weighted by Gasteiger charge is -2.09. The van der Waals surface area contributed by atoms with E-state index in [2.05, 4.69) is 10.6 Å². The van der Waals surface area contributed by atoms with E-state index in [1.165, 1.54) is 12.1 Å². The summed E-state index contributed by atoms with van der Waals surface area (Å²) in [7, 11) is 0. The molecule has 1 aromatic rings. The minimum absolute atomic E-state index is 0.0189. The van der Waals surface area contributed by atoms with Crippen LogP contribution in [0.25, 0.3) is 0 Å². The zero-order valence-corrected chi connectivity index (χ0v) is 10.1. The van der Waals surface area contributed by atoms with Gasteiger partial charge in [-0.2, -0.15) is 0 Å². The molecule has 92 valence electrons. The second-order valence-electron chi connectivity index (χ2n) is 3.12. The molecule has 0 radical (unpaired) electrons. The molecule has 0 aliphatic carbocycles. The fourth-order valence-electron chi connectivity index (χ4n) is 1.11. The lowest BCUT2D eigenvalue weighted by molar-refractivity contribution is -0.141. The zero-order chi connectivity index (χ0) is 12.7. The molecule has 0 fully saturated rings. The van der Waals surface area contributed by atoms with Gasteiger partial charge in [0.25, 0.3) is 0 Å². The molecule has 0 bridgehead atoms. The Balaban J connectivity index is 2.37. The van der Waals surface area contributed by atoms with E-state index in [1.54, 1.807) is 19.1 Å². The van der Waals surface area contributed by atoms with Gasteiger partial charge in [-0.25, -0.2) is 4.39 Å². The third-order valence-electron chi connectivity index (χ3n) is 1.78. The highest BCUT2D eigenvalue weighted by atomic mass is 32.1. The molecule has 2 N–H and O–H groups in total. The molecule has 4 nitrogen and oxygen atoms in total. The molecular weight excluding hydrogens is 243 g/mol. The average molecular weight is 256 g/mol. The van der Waals surface area contributed by atoms with Crippen LogP contribution in [-0.2, 0) is 9.53 Å². The van der Waals surface area contributed by atoms with Gasteiger partial charge in [0.15, 0.2) is 5.11 Å². The van der Waals surface area contributed by atoms with Crippen molar-refractivity contribution < 1.29 is 13.9 Å². The molecule has 0 heterocycles. The molecule has 0 spiro atoms. The van der Waals surface area contributed by atoms with Crippen molar-refractivity contribution in [1.82, 2.24) is 5.32 Å². The predicted molar refractivity (Wildman–Crippen MR) is 67.3 cm³/mol. The van der Waals surface area contributed by atoms with Crippen molar-refractivity contribution in [2.75, 3.05) is 18.5 Å². The summed E-state index contributed by atoms with van der Waals surface area (Å²) in [6, 6.07) is 5.87. The van der Waals surface area contributed by atoms with E-state index in [-0.39, 0.29) is 17.5 Å². The molecule has 0 atom stereocenters. The maximum Gasteiger partial charge on any atom is 0.325 e. The number of hydrogen-bond donors (Lipinski definition) is 2. The first-order valence-electron chi connectivity index (χ1n) is 5.08. The van der Waals surface area contributed by atoms with Crippen molar-refractivity contribution in [3.63, 3.8) is 0 Å². The standard InChI is InChI=1S/C11H13FN2O2S/c1-2-16-10(15)7-13-11(17)14-9-5-3-4-8(12)6-9/h3-6H,2,7H2,1H3,(H2,13,14,17). The molecule has 1 aromatic carbocycles. The Kier molecular flexibility index (Phi) is 5.35. The van der Waals surface area contributed by atoms with E-state index in [4.69, 9.17) is 17.0 Å². The summed E-state index contributed by atoms with van der Waals surface area (Å²) in [5.74, 6) is -0.751. The monoisotopic (exact) mass is 256 g/mol. The average Bonchev–Trinajstić information content (AvgIpc) is 2.27. The number of rotatable bonds is 4. The van der Waals surface area contributed by atoms with Gasteiger partial charge in [0.1, 0.15) is 12.4 Å². The van der Waals surface area contributed by atoms with Gasteiger partial charge < -0.3 is 15.4 Å². The van der Waals surface area contributed by atoms with Crippen LogP contribution >= 0.6 is 12.2 Å². The van der Waals surface area contributed by atoms with Gasteiger partial charge in [0.2, 0.25) is 0 Å². The lowest BCUT2D eigenvalue weighted by atomic mass is 10.3. The van der Waals surface area contributed by atoms with Crippen molar-refractivity contribution in [3.8, 4) is 0 Å². The smallest absolute Gasteiger partial charge is 0.325 e. The minimum atomic E-state index is -0.393. The molecule has 0 aliphatic heterocycles. The van der Waals surface area contributed by atoms with Crippen LogP contribution in [0.5, 0.6) is 0 Å². The van der Waals surface area contributed by atoms with E-state index >= 15 is 0 Å². The van der Waals surface area contributed by atoms with Gasteiger partial charge in [-0.3, -0.25) is 4.79 Å². The summed E-state index contributed by atoms with van der Waals surface area (Å²) >= 11 is 4.93. The fourth-order valence-corrected chi connectivity index (χ4v) is 1.30. The quantitative estimate of drug-likeness (QED) is 0.634. The van der Waals surface area contributed by atoms with Gasteiger partial charge in [0.05, 0.1) is 6.61 Å². The van der Waals surface area contributed by atoms with Crippen LogP contribution < -0.4 is 10.6 Å². The Hall–Kier alpha value is -1.69. The predicted octanol–water partition coefficient (Wildman–Crippen LogP) is 1.68. The van der Waals surface area contributed by atoms with Crippen LogP contribution in [0, 0.1) is 5.82 Å². The Morgan fingerprint density at radius 3 is 2.94 bits per heavy atom. The summed E-state index contributed by atoms with van der Waals surface area (Å²) in [6.07, 6.45) is 0. The topological polar surface area (TPSA) is 50.4 Å². The number of benzene rings is 1. The summed E-state index contributed by atoms with van der Waals surface area (Å²) in [5.41, 5.74) is 0.520. The Morgan fingerprint density at radius 2 is 2.29 bits per heavy atom. The van der Waals surface area contributed by atoms with Crippen LogP contribution in [-0.4, -0.2) is 24.2 Å². The first kappa shape index (κ1) is 13.4. The highest BCUT2D eigenvalue weighted by molar-refractivity contribution is 7.80. The number of carbonyl (C=O) groups is 1. The van der Waals surface area contributed by atoms with Crippen LogP contribution in [0.3, 0.4) is 0 Å². The Labute approximate surface area is 104 Å². The number of hydrogen-bond acceptors (Lipinski definition) is 3. The van der Waals surface area contributed by atoms with Crippen LogP contribution in [0.4, 0.5) is 10.1 Å². The Bertz CT molecular complexity index is 412. The molecule has 1 rings (SSSR count). The number of thiocarbonyl (C=S) groups is 1. The van der Waals surface area contributed by atoms with Crippen molar-refractivity contribution in [1.29, 1.82) is 0 Å². The highest BCUT2D eigenvalue weighted by Gasteiger charge is 2.03. The number of carbonyl (C=O) groups excluding carboxylic acids is 1. The summed E-state index contributed by atoms with van der Waals surface area (Å²) in [6.45, 7) is 2.03. The SMILES string of the molecule is CCOC(=O)CNC(=S)Nc1cccc(F)c1. The Morgan fingerprint density at radius 1 is 1.53 bits per heavy atom. The molecule has 0 aromatic heterocycles. The summed E-state index contributed by atoms with van der Waals surface area (Å²) in [4.78, 5) is 11.0. The van der Waals surface area contributed by atoms with E-state index in [0.717, 1.165) is 0 Å². The van der Waals surface area contributed by atoms with Crippen LogP contribution in [0.2, 0.25) is 0 Å². The van der Waals surface area contributed by atoms with Crippen molar-refractivity contribution >= 4 is 29.0 Å². The maximum atomic E-state index is 12.9. The molecule has 6 heteroatoms. The van der Waals surface area contributed by atoms with Crippen molar-refractivity contribution in [3.05, 3.63) is 30.1 Å². The maximum absolute atomic E-state index is 12.9. The normalized spacial score (nSPS) is 9.53. The number of esters is 1. The number of anilines is 1. The molecule has 0 saturated heterocycles. The third-order valence-corrected chi connectivity index (χ3v) is 2.03. The molecule has 17 heavy (non-hydrogen) atoms. The van der Waals surface area contributed by atoms with Gasteiger partial charge in [-0.15, -0.1) is 0 Å². The van der Waals surface area contributed by atoms with Gasteiger partial charge in [-0.1, -0.05) is 6.07 Å². The first-order valence-corrected chi connectivity index (χ1v) is 5.48. The van der Waals surface area contributed by atoms with Gasteiger partial charge in [0, 0.05) is 5.69 Å². The second-order valence-corrected chi connectivity index (χ2v) is 3.53. The lowest BCUT2D eigenvalue weighted by Crippen LogP contribution is -2.33. The zero-order valence-electron chi connectivity index (χ0n) is 9.33. The highest BCUT2D eigenvalue weighted by Crippen LogP contribution is 2.08.